The topological polar surface area (TPSA) is 72.5 Å². The van der Waals surface area contributed by atoms with E-state index in [4.69, 9.17) is 10.3 Å². The lowest BCUT2D eigenvalue weighted by molar-refractivity contribution is 0.280. The van der Waals surface area contributed by atoms with Crippen LogP contribution in [0.5, 0.6) is 0 Å². The van der Waals surface area contributed by atoms with Crippen LogP contribution in [0.1, 0.15) is 13.3 Å². The maximum Gasteiger partial charge on any atom is 0.301 e. The van der Waals surface area contributed by atoms with Crippen molar-refractivity contribution in [2.24, 2.45) is 5.73 Å². The maximum absolute atomic E-state index is 9.85. The van der Waals surface area contributed by atoms with Crippen LogP contribution < -0.4 is 5.73 Å². The van der Waals surface area contributed by atoms with Gasteiger partial charge in [-0.2, -0.15) is 4.21 Å². The highest BCUT2D eigenvalue weighted by Gasteiger charge is 2.00. The highest BCUT2D eigenvalue weighted by Crippen LogP contribution is 1.88. The van der Waals surface area contributed by atoms with E-state index < -0.39 is 11.4 Å². The molecule has 0 aliphatic rings. The van der Waals surface area contributed by atoms with Crippen LogP contribution in [-0.4, -0.2) is 21.4 Å². The molecule has 2 atom stereocenters. The van der Waals surface area contributed by atoms with E-state index in [0.717, 1.165) is 6.42 Å². The molecule has 0 aliphatic carbocycles. The molecule has 0 fully saturated rings. The summed E-state index contributed by atoms with van der Waals surface area (Å²) in [7, 11) is 0. The molecule has 0 aromatic carbocycles. The summed E-state index contributed by atoms with van der Waals surface area (Å²) in [5, 5.41) is 0. The van der Waals surface area contributed by atoms with Crippen molar-refractivity contribution in [1.29, 1.82) is 0 Å². The van der Waals surface area contributed by atoms with Gasteiger partial charge in [-0.1, -0.05) is 6.92 Å². The van der Waals surface area contributed by atoms with Gasteiger partial charge in [0.05, 0.1) is 6.61 Å². The van der Waals surface area contributed by atoms with Crippen molar-refractivity contribution in [3.8, 4) is 0 Å². The van der Waals surface area contributed by atoms with Crippen molar-refractivity contribution in [2.45, 2.75) is 19.4 Å². The normalized spacial score (nSPS) is 17.2. The minimum Gasteiger partial charge on any atom is -0.326 e. The summed E-state index contributed by atoms with van der Waals surface area (Å²) in [6.07, 6.45) is 0.747. The predicted molar refractivity (Wildman–Crippen MR) is 35.0 cm³/mol. The van der Waals surface area contributed by atoms with Crippen molar-refractivity contribution in [1.82, 2.24) is 0 Å². The van der Waals surface area contributed by atoms with Crippen LogP contribution in [0, 0.1) is 0 Å². The third kappa shape index (κ3) is 5.91. The quantitative estimate of drug-likeness (QED) is 0.552. The van der Waals surface area contributed by atoms with E-state index >= 15 is 0 Å². The zero-order valence-corrected chi connectivity index (χ0v) is 6.06. The average molecular weight is 153 g/mol. The van der Waals surface area contributed by atoms with E-state index in [2.05, 4.69) is 4.18 Å². The van der Waals surface area contributed by atoms with Crippen LogP contribution in [0.4, 0.5) is 0 Å². The molecule has 3 N–H and O–H groups in total. The first-order valence-electron chi connectivity index (χ1n) is 2.66. The van der Waals surface area contributed by atoms with Gasteiger partial charge >= 0.3 is 11.4 Å². The Hall–Kier alpha value is 0.0300. The van der Waals surface area contributed by atoms with Crippen molar-refractivity contribution < 1.29 is 12.9 Å². The first kappa shape index (κ1) is 9.03. The fourth-order valence-corrected chi connectivity index (χ4v) is 0.555. The minimum absolute atomic E-state index is 0.138. The molecule has 0 rings (SSSR count). The molecule has 0 saturated heterocycles. The van der Waals surface area contributed by atoms with Gasteiger partial charge in [-0.25, -0.2) is 0 Å². The molecule has 5 heteroatoms. The van der Waals surface area contributed by atoms with Crippen molar-refractivity contribution in [2.75, 3.05) is 6.61 Å². The summed E-state index contributed by atoms with van der Waals surface area (Å²) < 4.78 is 22.2. The molecule has 0 aromatic rings. The van der Waals surface area contributed by atoms with Crippen LogP contribution in [0.15, 0.2) is 0 Å². The Morgan fingerprint density at radius 3 is 2.78 bits per heavy atom. The van der Waals surface area contributed by atoms with Gasteiger partial charge in [0.2, 0.25) is 0 Å². The lowest BCUT2D eigenvalue weighted by Gasteiger charge is -2.04. The lowest BCUT2D eigenvalue weighted by Crippen LogP contribution is -2.25. The fraction of sp³-hybridized carbons (Fsp3) is 1.00. The third-order valence-corrected chi connectivity index (χ3v) is 1.25. The highest BCUT2D eigenvalue weighted by atomic mass is 32.2. The largest absolute Gasteiger partial charge is 0.326 e. The number of hydrogen-bond acceptors (Lipinski definition) is 3. The van der Waals surface area contributed by atoms with Gasteiger partial charge < -0.3 is 5.73 Å². The molecule has 9 heavy (non-hydrogen) atoms. The van der Waals surface area contributed by atoms with E-state index in [1.165, 1.54) is 0 Å². The summed E-state index contributed by atoms with van der Waals surface area (Å²) in [5.74, 6) is 0. The Bertz CT molecular complexity index is 97.8. The van der Waals surface area contributed by atoms with E-state index in [9.17, 15) is 4.21 Å². The van der Waals surface area contributed by atoms with Gasteiger partial charge in [0.1, 0.15) is 0 Å². The second-order valence-electron chi connectivity index (χ2n) is 1.67. The van der Waals surface area contributed by atoms with Gasteiger partial charge in [-0.15, -0.1) is 0 Å². The van der Waals surface area contributed by atoms with Crippen LogP contribution in [0.2, 0.25) is 0 Å². The lowest BCUT2D eigenvalue weighted by atomic mass is 10.3. The van der Waals surface area contributed by atoms with Gasteiger partial charge in [0, 0.05) is 6.04 Å². The van der Waals surface area contributed by atoms with Crippen molar-refractivity contribution >= 4 is 11.4 Å². The summed E-state index contributed by atoms with van der Waals surface area (Å²) in [5.41, 5.74) is 5.35. The standard InChI is InChI=1S/C4H11NO3S/c1-2-4(5)3-8-9(6)7/h4H,2-3,5H2,1H3,(H,6,7). The Labute approximate surface area is 56.9 Å². The Morgan fingerprint density at radius 2 is 2.44 bits per heavy atom. The van der Waals surface area contributed by atoms with Crippen LogP contribution in [0.25, 0.3) is 0 Å². The smallest absolute Gasteiger partial charge is 0.301 e. The van der Waals surface area contributed by atoms with E-state index in [1.807, 2.05) is 6.92 Å². The third-order valence-electron chi connectivity index (χ3n) is 0.907. The molecule has 4 nitrogen and oxygen atoms in total. The molecule has 0 amide bonds. The van der Waals surface area contributed by atoms with Crippen LogP contribution in [0.3, 0.4) is 0 Å². The molecule has 56 valence electrons. The van der Waals surface area contributed by atoms with E-state index in [-0.39, 0.29) is 12.6 Å². The van der Waals surface area contributed by atoms with Gasteiger partial charge in [0.15, 0.2) is 0 Å². The number of nitrogens with two attached hydrogens (primary N) is 1. The molecule has 0 bridgehead atoms. The summed E-state index contributed by atoms with van der Waals surface area (Å²) in [6.45, 7) is 2.02. The summed E-state index contributed by atoms with van der Waals surface area (Å²) in [4.78, 5) is 0. The van der Waals surface area contributed by atoms with Gasteiger partial charge in [0.25, 0.3) is 0 Å². The maximum atomic E-state index is 9.85. The molecule has 0 heterocycles. The molecule has 2 unspecified atom stereocenters. The molecule has 0 spiro atoms. The van der Waals surface area contributed by atoms with Crippen molar-refractivity contribution in [3.63, 3.8) is 0 Å². The molecule has 0 aliphatic heterocycles. The van der Waals surface area contributed by atoms with E-state index in [0.29, 0.717) is 0 Å². The molecule has 0 radical (unpaired) electrons. The number of rotatable bonds is 4. The molecule has 0 aromatic heterocycles. The number of hydrogen-bond donors (Lipinski definition) is 2. The second-order valence-corrected chi connectivity index (χ2v) is 2.34. The van der Waals surface area contributed by atoms with Gasteiger partial charge in [-0.3, -0.25) is 8.74 Å². The molecular weight excluding hydrogens is 142 g/mol. The minimum atomic E-state index is -2.17. The Kier molecular flexibility index (Phi) is 4.88. The van der Waals surface area contributed by atoms with Gasteiger partial charge in [-0.05, 0) is 6.42 Å². The van der Waals surface area contributed by atoms with Crippen LogP contribution >= 0.6 is 0 Å². The summed E-state index contributed by atoms with van der Waals surface area (Å²) >= 11 is -2.17. The fourth-order valence-electron chi connectivity index (χ4n) is 0.263. The Morgan fingerprint density at radius 1 is 1.89 bits per heavy atom. The predicted octanol–water partition coefficient (Wildman–Crippen LogP) is -0.123. The Balaban J connectivity index is 3.16. The average Bonchev–Trinajstić information content (AvgIpc) is 1.83. The van der Waals surface area contributed by atoms with E-state index in [1.54, 1.807) is 0 Å². The zero-order valence-electron chi connectivity index (χ0n) is 5.24. The van der Waals surface area contributed by atoms with Crippen LogP contribution in [-0.2, 0) is 15.5 Å². The molecule has 0 saturated carbocycles. The SMILES string of the molecule is CCC(N)COS(=O)O. The first-order chi connectivity index (χ1) is 4.16. The second kappa shape index (κ2) is 4.87. The summed E-state index contributed by atoms with van der Waals surface area (Å²) in [6, 6.07) is -0.138. The monoisotopic (exact) mass is 153 g/mol. The zero-order chi connectivity index (χ0) is 7.28. The highest BCUT2D eigenvalue weighted by molar-refractivity contribution is 7.74. The van der Waals surface area contributed by atoms with Crippen molar-refractivity contribution in [3.05, 3.63) is 0 Å². The molecular formula is C4H11NO3S. The first-order valence-corrected chi connectivity index (χ1v) is 3.69.